The largest absolute Gasteiger partial charge is 0.268 e. The van der Waals surface area contributed by atoms with Crippen LogP contribution in [0.4, 0.5) is 0 Å². The molecule has 1 aromatic heterocycles. The fourth-order valence-corrected chi connectivity index (χ4v) is 0.940. The van der Waals surface area contributed by atoms with Crippen LogP contribution in [0.5, 0.6) is 0 Å². The third-order valence-corrected chi connectivity index (χ3v) is 1.64. The van der Waals surface area contributed by atoms with Gasteiger partial charge in [0.25, 0.3) is 0 Å². The number of hydrogen-bond acceptors (Lipinski definition) is 2. The molecule has 1 aliphatic carbocycles. The summed E-state index contributed by atoms with van der Waals surface area (Å²) < 4.78 is 1.87. The first-order chi connectivity index (χ1) is 4.90. The highest BCUT2D eigenvalue weighted by molar-refractivity contribution is 5.17. The molecule has 10 heavy (non-hydrogen) atoms. The molecule has 1 aromatic rings. The van der Waals surface area contributed by atoms with Crippen molar-refractivity contribution in [3.05, 3.63) is 18.0 Å². The van der Waals surface area contributed by atoms with Crippen LogP contribution < -0.4 is 0 Å². The summed E-state index contributed by atoms with van der Waals surface area (Å²) in [6.45, 7) is 0. The summed E-state index contributed by atoms with van der Waals surface area (Å²) >= 11 is 0. The summed E-state index contributed by atoms with van der Waals surface area (Å²) in [6.07, 6.45) is 4.30. The molecule has 0 aliphatic heterocycles. The Hall–Kier alpha value is -1.30. The van der Waals surface area contributed by atoms with Crippen LogP contribution in [0.2, 0.25) is 0 Å². The molecule has 3 heteroatoms. The van der Waals surface area contributed by atoms with Crippen LogP contribution in [0, 0.1) is 11.3 Å². The molecule has 0 bridgehead atoms. The Morgan fingerprint density at radius 1 is 1.70 bits per heavy atom. The van der Waals surface area contributed by atoms with Gasteiger partial charge in [-0.15, -0.1) is 0 Å². The molecule has 3 nitrogen and oxygen atoms in total. The second-order valence-electron chi connectivity index (χ2n) is 2.52. The number of aromatic nitrogens is 2. The molecule has 1 heterocycles. The topological polar surface area (TPSA) is 41.6 Å². The summed E-state index contributed by atoms with van der Waals surface area (Å²) in [4.78, 5) is 0. The lowest BCUT2D eigenvalue weighted by Gasteiger charge is -1.91. The summed E-state index contributed by atoms with van der Waals surface area (Å²) in [5, 5.41) is 12.5. The standard InChI is InChI=1S/C7H7N3/c8-5-6-3-4-10(9-6)7-1-2-7/h3-4,7H,1-2H2. The lowest BCUT2D eigenvalue weighted by Crippen LogP contribution is -1.93. The third-order valence-electron chi connectivity index (χ3n) is 1.64. The van der Waals surface area contributed by atoms with E-state index in [1.165, 1.54) is 12.8 Å². The Kier molecular flexibility index (Phi) is 1.01. The van der Waals surface area contributed by atoms with Crippen LogP contribution in [-0.2, 0) is 0 Å². The van der Waals surface area contributed by atoms with E-state index in [4.69, 9.17) is 5.26 Å². The zero-order valence-corrected chi connectivity index (χ0v) is 5.49. The van der Waals surface area contributed by atoms with Crippen molar-refractivity contribution in [1.29, 1.82) is 5.26 Å². The number of rotatable bonds is 1. The Morgan fingerprint density at radius 2 is 2.50 bits per heavy atom. The van der Waals surface area contributed by atoms with E-state index in [-0.39, 0.29) is 0 Å². The Morgan fingerprint density at radius 3 is 3.00 bits per heavy atom. The first-order valence-corrected chi connectivity index (χ1v) is 3.35. The quantitative estimate of drug-likeness (QED) is 0.575. The van der Waals surface area contributed by atoms with Crippen LogP contribution in [0.15, 0.2) is 12.3 Å². The molecule has 0 spiro atoms. The van der Waals surface area contributed by atoms with Gasteiger partial charge in [0.15, 0.2) is 5.69 Å². The van der Waals surface area contributed by atoms with Crippen LogP contribution in [0.1, 0.15) is 24.6 Å². The zero-order chi connectivity index (χ0) is 6.97. The molecule has 0 N–H and O–H groups in total. The zero-order valence-electron chi connectivity index (χ0n) is 5.49. The van der Waals surface area contributed by atoms with Crippen molar-refractivity contribution < 1.29 is 0 Å². The van der Waals surface area contributed by atoms with Crippen molar-refractivity contribution >= 4 is 0 Å². The number of nitrogens with zero attached hydrogens (tertiary/aromatic N) is 3. The lowest BCUT2D eigenvalue weighted by atomic mass is 10.5. The predicted molar refractivity (Wildman–Crippen MR) is 35.2 cm³/mol. The van der Waals surface area contributed by atoms with Crippen LogP contribution in [0.3, 0.4) is 0 Å². The minimum Gasteiger partial charge on any atom is -0.268 e. The second-order valence-corrected chi connectivity index (χ2v) is 2.52. The summed E-state index contributed by atoms with van der Waals surface area (Å²) in [6, 6.07) is 4.33. The van der Waals surface area contributed by atoms with E-state index in [9.17, 15) is 0 Å². The minimum atomic E-state index is 0.520. The van der Waals surface area contributed by atoms with Crippen molar-refractivity contribution in [1.82, 2.24) is 9.78 Å². The smallest absolute Gasteiger partial charge is 0.162 e. The fraction of sp³-hybridized carbons (Fsp3) is 0.429. The number of hydrogen-bond donors (Lipinski definition) is 0. The third kappa shape index (κ3) is 0.781. The molecule has 0 aromatic carbocycles. The molecular formula is C7H7N3. The molecule has 1 saturated carbocycles. The Bertz CT molecular complexity index is 277. The molecule has 0 radical (unpaired) electrons. The molecule has 1 aliphatic rings. The SMILES string of the molecule is N#Cc1ccn(C2CC2)n1. The van der Waals surface area contributed by atoms with Gasteiger partial charge in [-0.1, -0.05) is 0 Å². The number of nitriles is 1. The highest BCUT2D eigenvalue weighted by Gasteiger charge is 2.23. The van der Waals surface area contributed by atoms with Crippen LogP contribution in [0.25, 0.3) is 0 Å². The van der Waals surface area contributed by atoms with E-state index >= 15 is 0 Å². The van der Waals surface area contributed by atoms with Gasteiger partial charge < -0.3 is 0 Å². The van der Waals surface area contributed by atoms with E-state index in [1.54, 1.807) is 6.07 Å². The monoisotopic (exact) mass is 133 g/mol. The fourth-order valence-electron chi connectivity index (χ4n) is 0.940. The van der Waals surface area contributed by atoms with Crippen LogP contribution in [-0.4, -0.2) is 9.78 Å². The van der Waals surface area contributed by atoms with Gasteiger partial charge in [0.2, 0.25) is 0 Å². The van der Waals surface area contributed by atoms with E-state index in [0.29, 0.717) is 11.7 Å². The van der Waals surface area contributed by atoms with E-state index in [2.05, 4.69) is 5.10 Å². The average Bonchev–Trinajstić information content (AvgIpc) is 2.70. The molecule has 0 saturated heterocycles. The maximum absolute atomic E-state index is 8.43. The molecule has 0 unspecified atom stereocenters. The maximum atomic E-state index is 8.43. The van der Waals surface area contributed by atoms with Gasteiger partial charge in [0, 0.05) is 6.20 Å². The van der Waals surface area contributed by atoms with Crippen LogP contribution >= 0.6 is 0 Å². The van der Waals surface area contributed by atoms with Crippen molar-refractivity contribution in [2.45, 2.75) is 18.9 Å². The van der Waals surface area contributed by atoms with Crippen molar-refractivity contribution in [2.75, 3.05) is 0 Å². The predicted octanol–water partition coefficient (Wildman–Crippen LogP) is 1.09. The van der Waals surface area contributed by atoms with Crippen molar-refractivity contribution in [3.63, 3.8) is 0 Å². The lowest BCUT2D eigenvalue weighted by molar-refractivity contribution is 0.639. The van der Waals surface area contributed by atoms with Gasteiger partial charge >= 0.3 is 0 Å². The van der Waals surface area contributed by atoms with E-state index < -0.39 is 0 Å². The first kappa shape index (κ1) is 5.48. The van der Waals surface area contributed by atoms with Crippen molar-refractivity contribution in [3.8, 4) is 6.07 Å². The van der Waals surface area contributed by atoms with Gasteiger partial charge in [-0.2, -0.15) is 10.4 Å². The van der Waals surface area contributed by atoms with E-state index in [1.807, 2.05) is 16.9 Å². The Balaban J connectivity index is 2.29. The molecule has 0 atom stereocenters. The summed E-state index contributed by atoms with van der Waals surface area (Å²) in [7, 11) is 0. The van der Waals surface area contributed by atoms with Crippen molar-refractivity contribution in [2.24, 2.45) is 0 Å². The first-order valence-electron chi connectivity index (χ1n) is 3.35. The van der Waals surface area contributed by atoms with Gasteiger partial charge in [-0.3, -0.25) is 4.68 Å². The molecule has 1 fully saturated rings. The average molecular weight is 133 g/mol. The molecular weight excluding hydrogens is 126 g/mol. The maximum Gasteiger partial charge on any atom is 0.162 e. The summed E-state index contributed by atoms with van der Waals surface area (Å²) in [5.74, 6) is 0. The Labute approximate surface area is 58.9 Å². The van der Waals surface area contributed by atoms with Gasteiger partial charge in [-0.25, -0.2) is 0 Å². The molecule has 50 valence electrons. The normalized spacial score (nSPS) is 16.7. The van der Waals surface area contributed by atoms with Gasteiger partial charge in [-0.05, 0) is 18.9 Å². The summed E-state index contributed by atoms with van der Waals surface area (Å²) in [5.41, 5.74) is 0.520. The minimum absolute atomic E-state index is 0.520. The highest BCUT2D eigenvalue weighted by Crippen LogP contribution is 2.33. The van der Waals surface area contributed by atoms with Gasteiger partial charge in [0.1, 0.15) is 6.07 Å². The second kappa shape index (κ2) is 1.84. The van der Waals surface area contributed by atoms with Gasteiger partial charge in [0.05, 0.1) is 6.04 Å². The van der Waals surface area contributed by atoms with E-state index in [0.717, 1.165) is 0 Å². The molecule has 2 rings (SSSR count). The molecule has 0 amide bonds. The highest BCUT2D eigenvalue weighted by atomic mass is 15.3.